The largest absolute Gasteiger partial charge is 0.312 e. The Bertz CT molecular complexity index is 280. The van der Waals surface area contributed by atoms with Crippen molar-refractivity contribution in [3.05, 3.63) is 0 Å². The Morgan fingerprint density at radius 3 is 1.93 bits per heavy atom. The first-order valence-corrected chi connectivity index (χ1v) is 7.49. The highest BCUT2D eigenvalue weighted by Gasteiger charge is 2.23. The third kappa shape index (κ3) is 5.49. The van der Waals surface area contributed by atoms with Gasteiger partial charge in [0, 0.05) is 18.1 Å². The van der Waals surface area contributed by atoms with Gasteiger partial charge in [-0.1, -0.05) is 13.8 Å². The van der Waals surface area contributed by atoms with Crippen molar-refractivity contribution in [2.24, 2.45) is 0 Å². The molecule has 0 heterocycles. The van der Waals surface area contributed by atoms with Crippen molar-refractivity contribution >= 4 is 10.0 Å². The molecule has 90 valence electrons. The van der Waals surface area contributed by atoms with E-state index in [1.54, 1.807) is 0 Å². The molecule has 1 fully saturated rings. The number of hydrogen-bond acceptors (Lipinski definition) is 3. The second-order valence-corrected chi connectivity index (χ2v) is 6.54. The minimum absolute atomic E-state index is 0.144. The Kier molecular flexibility index (Phi) is 4.55. The lowest BCUT2D eigenvalue weighted by Crippen LogP contribution is -2.43. The van der Waals surface area contributed by atoms with Crippen LogP contribution in [0.15, 0.2) is 0 Å². The zero-order valence-corrected chi connectivity index (χ0v) is 10.6. The van der Waals surface area contributed by atoms with E-state index < -0.39 is 10.0 Å². The maximum atomic E-state index is 11.0. The van der Waals surface area contributed by atoms with Crippen molar-refractivity contribution in [1.29, 1.82) is 0 Å². The van der Waals surface area contributed by atoms with Gasteiger partial charge in [-0.3, -0.25) is 0 Å². The lowest BCUT2D eigenvalue weighted by molar-refractivity contribution is 0.315. The number of hydrogen-bond donors (Lipinski definition) is 2. The van der Waals surface area contributed by atoms with Crippen molar-refractivity contribution in [1.82, 2.24) is 10.0 Å². The molecule has 5 heteroatoms. The summed E-state index contributed by atoms with van der Waals surface area (Å²) in [5, 5.41) is 3.49. The van der Waals surface area contributed by atoms with Crippen LogP contribution in [-0.4, -0.2) is 32.8 Å². The molecule has 0 aromatic carbocycles. The van der Waals surface area contributed by atoms with Gasteiger partial charge in [0.2, 0.25) is 10.0 Å². The Hall–Kier alpha value is -0.130. The topological polar surface area (TPSA) is 58.2 Å². The van der Waals surface area contributed by atoms with Gasteiger partial charge in [-0.15, -0.1) is 0 Å². The van der Waals surface area contributed by atoms with Crippen molar-refractivity contribution in [3.63, 3.8) is 0 Å². The summed E-state index contributed by atoms with van der Waals surface area (Å²) in [5.74, 6) is 0. The van der Waals surface area contributed by atoms with E-state index in [-0.39, 0.29) is 6.04 Å². The Morgan fingerprint density at radius 1 is 1.07 bits per heavy atom. The average molecular weight is 234 g/mol. The second kappa shape index (κ2) is 5.27. The molecule has 1 saturated carbocycles. The SMILES string of the molecule is CC(C)N[C@H]1CC[C@H](NS(C)(=O)=O)CC1. The van der Waals surface area contributed by atoms with Crippen LogP contribution >= 0.6 is 0 Å². The van der Waals surface area contributed by atoms with E-state index in [0.717, 1.165) is 25.7 Å². The normalized spacial score (nSPS) is 28.3. The van der Waals surface area contributed by atoms with Crippen molar-refractivity contribution in [2.75, 3.05) is 6.26 Å². The van der Waals surface area contributed by atoms with Crippen LogP contribution in [0.1, 0.15) is 39.5 Å². The molecular formula is C10H22N2O2S. The minimum atomic E-state index is -3.03. The molecule has 0 amide bonds. The quantitative estimate of drug-likeness (QED) is 0.758. The molecule has 0 atom stereocenters. The first-order valence-electron chi connectivity index (χ1n) is 5.60. The molecular weight excluding hydrogens is 212 g/mol. The Labute approximate surface area is 92.9 Å². The zero-order valence-electron chi connectivity index (χ0n) is 9.79. The van der Waals surface area contributed by atoms with Crippen LogP contribution < -0.4 is 10.0 Å². The average Bonchev–Trinajstić information content (AvgIpc) is 2.05. The lowest BCUT2D eigenvalue weighted by atomic mass is 9.91. The van der Waals surface area contributed by atoms with Gasteiger partial charge in [0.1, 0.15) is 0 Å². The van der Waals surface area contributed by atoms with Crippen molar-refractivity contribution in [2.45, 2.75) is 57.7 Å². The van der Waals surface area contributed by atoms with E-state index in [1.165, 1.54) is 6.26 Å². The van der Waals surface area contributed by atoms with E-state index >= 15 is 0 Å². The van der Waals surface area contributed by atoms with E-state index in [9.17, 15) is 8.42 Å². The minimum Gasteiger partial charge on any atom is -0.312 e. The summed E-state index contributed by atoms with van der Waals surface area (Å²) < 4.78 is 24.7. The molecule has 1 rings (SSSR count). The van der Waals surface area contributed by atoms with Crippen LogP contribution in [0, 0.1) is 0 Å². The summed E-state index contributed by atoms with van der Waals surface area (Å²) in [4.78, 5) is 0. The summed E-state index contributed by atoms with van der Waals surface area (Å²) in [5.41, 5.74) is 0. The third-order valence-electron chi connectivity index (χ3n) is 2.68. The van der Waals surface area contributed by atoms with E-state index in [2.05, 4.69) is 23.9 Å². The van der Waals surface area contributed by atoms with Gasteiger partial charge in [0.05, 0.1) is 6.26 Å². The van der Waals surface area contributed by atoms with Gasteiger partial charge in [-0.05, 0) is 25.7 Å². The molecule has 2 N–H and O–H groups in total. The second-order valence-electron chi connectivity index (χ2n) is 4.76. The smallest absolute Gasteiger partial charge is 0.208 e. The van der Waals surface area contributed by atoms with Gasteiger partial charge in [-0.2, -0.15) is 0 Å². The first kappa shape index (κ1) is 12.9. The third-order valence-corrected chi connectivity index (χ3v) is 3.44. The lowest BCUT2D eigenvalue weighted by Gasteiger charge is -2.30. The molecule has 0 aliphatic heterocycles. The summed E-state index contributed by atoms with van der Waals surface area (Å²) in [6, 6.07) is 1.21. The fourth-order valence-electron chi connectivity index (χ4n) is 2.15. The fourth-order valence-corrected chi connectivity index (χ4v) is 2.99. The van der Waals surface area contributed by atoms with Crippen LogP contribution in [0.25, 0.3) is 0 Å². The van der Waals surface area contributed by atoms with Crippen LogP contribution in [0.4, 0.5) is 0 Å². The molecule has 0 aromatic rings. The van der Waals surface area contributed by atoms with Gasteiger partial charge in [0.25, 0.3) is 0 Å². The summed E-state index contributed by atoms with van der Waals surface area (Å²) in [6.07, 6.45) is 5.23. The standard InChI is InChI=1S/C10H22N2O2S/c1-8(2)11-9-4-6-10(7-5-9)12-15(3,13)14/h8-12H,4-7H2,1-3H3/t9-,10-. The van der Waals surface area contributed by atoms with Crippen molar-refractivity contribution < 1.29 is 8.42 Å². The fraction of sp³-hybridized carbons (Fsp3) is 1.00. The molecule has 1 aliphatic rings. The number of sulfonamides is 1. The maximum Gasteiger partial charge on any atom is 0.208 e. The Balaban J connectivity index is 2.30. The van der Waals surface area contributed by atoms with Crippen LogP contribution in [0.2, 0.25) is 0 Å². The van der Waals surface area contributed by atoms with Gasteiger partial charge in [0.15, 0.2) is 0 Å². The monoisotopic (exact) mass is 234 g/mol. The van der Waals surface area contributed by atoms with Gasteiger partial charge < -0.3 is 5.32 Å². The molecule has 0 unspecified atom stereocenters. The van der Waals surface area contributed by atoms with Crippen molar-refractivity contribution in [3.8, 4) is 0 Å². The summed E-state index contributed by atoms with van der Waals surface area (Å²) in [6.45, 7) is 4.28. The Morgan fingerprint density at radius 2 is 1.53 bits per heavy atom. The summed E-state index contributed by atoms with van der Waals surface area (Å²) >= 11 is 0. The molecule has 15 heavy (non-hydrogen) atoms. The predicted molar refractivity (Wildman–Crippen MR) is 62.3 cm³/mol. The summed E-state index contributed by atoms with van der Waals surface area (Å²) in [7, 11) is -3.03. The number of rotatable bonds is 4. The molecule has 0 radical (unpaired) electrons. The molecule has 0 bridgehead atoms. The highest BCUT2D eigenvalue weighted by molar-refractivity contribution is 7.88. The van der Waals surface area contributed by atoms with Crippen LogP contribution in [-0.2, 0) is 10.0 Å². The van der Waals surface area contributed by atoms with E-state index in [1.807, 2.05) is 0 Å². The highest BCUT2D eigenvalue weighted by atomic mass is 32.2. The van der Waals surface area contributed by atoms with Gasteiger partial charge >= 0.3 is 0 Å². The molecule has 0 spiro atoms. The first-order chi connectivity index (χ1) is 6.87. The predicted octanol–water partition coefficient (Wildman–Crippen LogP) is 0.845. The van der Waals surface area contributed by atoms with Crippen LogP contribution in [0.3, 0.4) is 0 Å². The molecule has 0 aromatic heterocycles. The molecule has 1 aliphatic carbocycles. The highest BCUT2D eigenvalue weighted by Crippen LogP contribution is 2.19. The van der Waals surface area contributed by atoms with Crippen LogP contribution in [0.5, 0.6) is 0 Å². The van der Waals surface area contributed by atoms with E-state index in [4.69, 9.17) is 0 Å². The molecule has 4 nitrogen and oxygen atoms in total. The van der Waals surface area contributed by atoms with Gasteiger partial charge in [-0.25, -0.2) is 13.1 Å². The molecule has 0 saturated heterocycles. The van der Waals surface area contributed by atoms with E-state index in [0.29, 0.717) is 12.1 Å². The number of nitrogens with one attached hydrogen (secondary N) is 2. The zero-order chi connectivity index (χ0) is 11.5. The maximum absolute atomic E-state index is 11.0.